The van der Waals surface area contributed by atoms with E-state index in [9.17, 15) is 13.2 Å². The lowest BCUT2D eigenvalue weighted by Gasteiger charge is -2.16. The molecule has 0 aliphatic heterocycles. The number of benzene rings is 2. The Morgan fingerprint density at radius 3 is 2.35 bits per heavy atom. The van der Waals surface area contributed by atoms with Gasteiger partial charge in [-0.3, -0.25) is 9.52 Å². The monoisotopic (exact) mass is 386 g/mol. The Bertz CT molecular complexity index is 985. The second-order valence-electron chi connectivity index (χ2n) is 5.69. The molecule has 3 rings (SSSR count). The van der Waals surface area contributed by atoms with Crippen LogP contribution in [0.25, 0.3) is 0 Å². The van der Waals surface area contributed by atoms with Gasteiger partial charge in [-0.2, -0.15) is 0 Å². The molecule has 0 aliphatic rings. The highest BCUT2D eigenvalue weighted by Crippen LogP contribution is 2.23. The van der Waals surface area contributed by atoms with Crippen molar-refractivity contribution in [2.75, 3.05) is 4.72 Å². The Labute approximate surface area is 156 Å². The molecule has 0 fully saturated rings. The molecule has 3 aromatic rings. The second-order valence-corrected chi connectivity index (χ2v) is 8.55. The number of hydrogen-bond acceptors (Lipinski definition) is 4. The van der Waals surface area contributed by atoms with Gasteiger partial charge >= 0.3 is 0 Å². The van der Waals surface area contributed by atoms with Crippen molar-refractivity contribution in [2.24, 2.45) is 0 Å². The number of anilines is 1. The molecule has 2 aromatic carbocycles. The van der Waals surface area contributed by atoms with Crippen molar-refractivity contribution >= 4 is 33.0 Å². The maximum absolute atomic E-state index is 12.7. The highest BCUT2D eigenvalue weighted by atomic mass is 32.2. The van der Waals surface area contributed by atoms with Crippen LogP contribution in [0.2, 0.25) is 0 Å². The van der Waals surface area contributed by atoms with Crippen LogP contribution in [-0.2, 0) is 10.0 Å². The smallest absolute Gasteiger partial charge is 0.271 e. The Morgan fingerprint density at radius 1 is 0.962 bits per heavy atom. The van der Waals surface area contributed by atoms with Gasteiger partial charge in [0.2, 0.25) is 0 Å². The summed E-state index contributed by atoms with van der Waals surface area (Å²) in [5.41, 5.74) is 1.49. The number of sulfonamides is 1. The van der Waals surface area contributed by atoms with E-state index in [0.717, 1.165) is 16.9 Å². The zero-order valence-electron chi connectivity index (χ0n) is 14.0. The van der Waals surface area contributed by atoms with Crippen LogP contribution in [0.4, 0.5) is 5.69 Å². The van der Waals surface area contributed by atoms with Crippen LogP contribution in [0, 0.1) is 0 Å². The van der Waals surface area contributed by atoms with Gasteiger partial charge < -0.3 is 5.32 Å². The summed E-state index contributed by atoms with van der Waals surface area (Å²) >= 11 is 1.12. The molecule has 1 amide bonds. The first kappa shape index (κ1) is 18.2. The number of amides is 1. The first-order valence-corrected chi connectivity index (χ1v) is 10.3. The van der Waals surface area contributed by atoms with Crippen LogP contribution in [0.1, 0.15) is 28.9 Å². The van der Waals surface area contributed by atoms with E-state index < -0.39 is 10.0 Å². The minimum absolute atomic E-state index is 0.199. The number of nitrogens with one attached hydrogen (secondary N) is 2. The lowest BCUT2D eigenvalue weighted by Crippen LogP contribution is -2.27. The number of thiophene rings is 1. The molecule has 1 aromatic heterocycles. The predicted molar refractivity (Wildman–Crippen MR) is 104 cm³/mol. The van der Waals surface area contributed by atoms with E-state index in [4.69, 9.17) is 0 Å². The number of hydrogen-bond donors (Lipinski definition) is 2. The highest BCUT2D eigenvalue weighted by molar-refractivity contribution is 7.94. The van der Waals surface area contributed by atoms with E-state index in [1.165, 1.54) is 6.07 Å². The van der Waals surface area contributed by atoms with Crippen LogP contribution in [0.15, 0.2) is 76.3 Å². The van der Waals surface area contributed by atoms with Gasteiger partial charge in [0.25, 0.3) is 15.9 Å². The molecule has 134 valence electrons. The highest BCUT2D eigenvalue weighted by Gasteiger charge is 2.20. The molecule has 1 heterocycles. The van der Waals surface area contributed by atoms with Crippen molar-refractivity contribution in [1.82, 2.24) is 5.32 Å². The molecule has 0 saturated heterocycles. The predicted octanol–water partition coefficient (Wildman–Crippen LogP) is 4.04. The van der Waals surface area contributed by atoms with E-state index in [-0.39, 0.29) is 27.4 Å². The molecular formula is C19H18N2O3S2. The number of carbonyl (C=O) groups excluding carboxylic acids is 1. The van der Waals surface area contributed by atoms with Gasteiger partial charge in [-0.1, -0.05) is 48.5 Å². The first-order chi connectivity index (χ1) is 12.5. The molecule has 0 aliphatic carbocycles. The lowest BCUT2D eigenvalue weighted by atomic mass is 10.1. The Kier molecular flexibility index (Phi) is 5.39. The summed E-state index contributed by atoms with van der Waals surface area (Å²) in [5.74, 6) is -0.342. The third kappa shape index (κ3) is 4.12. The molecule has 0 radical (unpaired) electrons. The fraction of sp³-hybridized carbons (Fsp3) is 0.105. The molecule has 26 heavy (non-hydrogen) atoms. The van der Waals surface area contributed by atoms with Gasteiger partial charge in [-0.25, -0.2) is 8.42 Å². The minimum Gasteiger partial charge on any atom is -0.345 e. The zero-order valence-corrected chi connectivity index (χ0v) is 15.7. The molecule has 1 atom stereocenters. The third-order valence-corrected chi connectivity index (χ3v) is 6.59. The summed E-state index contributed by atoms with van der Waals surface area (Å²) in [5, 5.41) is 4.59. The van der Waals surface area contributed by atoms with E-state index in [1.54, 1.807) is 35.7 Å². The van der Waals surface area contributed by atoms with Crippen molar-refractivity contribution < 1.29 is 13.2 Å². The van der Waals surface area contributed by atoms with Crippen LogP contribution < -0.4 is 10.0 Å². The van der Waals surface area contributed by atoms with Gasteiger partial charge in [-0.05, 0) is 36.1 Å². The van der Waals surface area contributed by atoms with Gasteiger partial charge in [0.05, 0.1) is 17.3 Å². The van der Waals surface area contributed by atoms with Gasteiger partial charge in [0, 0.05) is 0 Å². The van der Waals surface area contributed by atoms with Crippen molar-refractivity contribution in [1.29, 1.82) is 0 Å². The summed E-state index contributed by atoms with van der Waals surface area (Å²) in [6.07, 6.45) is 0. The topological polar surface area (TPSA) is 75.3 Å². The Balaban J connectivity index is 1.82. The van der Waals surface area contributed by atoms with Crippen molar-refractivity contribution in [3.05, 3.63) is 83.2 Å². The fourth-order valence-corrected chi connectivity index (χ4v) is 4.55. The summed E-state index contributed by atoms with van der Waals surface area (Å²) in [6.45, 7) is 1.88. The molecule has 0 saturated carbocycles. The zero-order chi connectivity index (χ0) is 18.6. The molecular weight excluding hydrogens is 368 g/mol. The van der Waals surface area contributed by atoms with Crippen molar-refractivity contribution in [3.63, 3.8) is 0 Å². The van der Waals surface area contributed by atoms with E-state index in [0.29, 0.717) is 0 Å². The first-order valence-electron chi connectivity index (χ1n) is 7.98. The van der Waals surface area contributed by atoms with Crippen molar-refractivity contribution in [2.45, 2.75) is 17.2 Å². The molecule has 0 bridgehead atoms. The molecule has 5 nitrogen and oxygen atoms in total. The standard InChI is InChI=1S/C19H18N2O3S2/c1-14(15-8-3-2-4-9-15)20-19(22)16-10-5-6-11-17(16)21-26(23,24)18-12-7-13-25-18/h2-14,21H,1H3,(H,20,22). The third-order valence-electron chi connectivity index (χ3n) is 3.82. The normalized spacial score (nSPS) is 12.3. The van der Waals surface area contributed by atoms with E-state index >= 15 is 0 Å². The van der Waals surface area contributed by atoms with Crippen LogP contribution in [0.3, 0.4) is 0 Å². The summed E-state index contributed by atoms with van der Waals surface area (Å²) in [4.78, 5) is 12.7. The van der Waals surface area contributed by atoms with E-state index in [2.05, 4.69) is 10.0 Å². The quantitative estimate of drug-likeness (QED) is 0.671. The molecule has 2 N–H and O–H groups in total. The molecule has 7 heteroatoms. The number of para-hydroxylation sites is 1. The van der Waals surface area contributed by atoms with Crippen LogP contribution in [0.5, 0.6) is 0 Å². The maximum Gasteiger partial charge on any atom is 0.271 e. The Morgan fingerprint density at radius 2 is 1.65 bits per heavy atom. The van der Waals surface area contributed by atoms with Gasteiger partial charge in [0.1, 0.15) is 4.21 Å². The average Bonchev–Trinajstić information content (AvgIpc) is 3.18. The number of rotatable bonds is 6. The molecule has 0 spiro atoms. The molecule has 1 unspecified atom stereocenters. The largest absolute Gasteiger partial charge is 0.345 e. The summed E-state index contributed by atoms with van der Waals surface area (Å²) in [6, 6.07) is 19.1. The van der Waals surface area contributed by atoms with E-state index in [1.807, 2.05) is 37.3 Å². The van der Waals surface area contributed by atoms with Crippen molar-refractivity contribution in [3.8, 4) is 0 Å². The van der Waals surface area contributed by atoms with Gasteiger partial charge in [0.15, 0.2) is 0 Å². The van der Waals surface area contributed by atoms with Crippen LogP contribution >= 0.6 is 11.3 Å². The Hall–Kier alpha value is -2.64. The summed E-state index contributed by atoms with van der Waals surface area (Å²) in [7, 11) is -3.72. The minimum atomic E-state index is -3.72. The second kappa shape index (κ2) is 7.72. The SMILES string of the molecule is CC(NC(=O)c1ccccc1NS(=O)(=O)c1cccs1)c1ccccc1. The number of carbonyl (C=O) groups is 1. The summed E-state index contributed by atoms with van der Waals surface area (Å²) < 4.78 is 27.6. The lowest BCUT2D eigenvalue weighted by molar-refractivity contribution is 0.0941. The fourth-order valence-electron chi connectivity index (χ4n) is 2.48. The van der Waals surface area contributed by atoms with Gasteiger partial charge in [-0.15, -0.1) is 11.3 Å². The maximum atomic E-state index is 12.7. The van der Waals surface area contributed by atoms with Crippen LogP contribution in [-0.4, -0.2) is 14.3 Å². The average molecular weight is 386 g/mol.